The first-order valence-electron chi connectivity index (χ1n) is 5.69. The SMILES string of the molecule is CN(Cc1cnn(C)c1)c1ccc(C(=O)O)c(F)c1. The fourth-order valence-electron chi connectivity index (χ4n) is 1.83. The zero-order valence-corrected chi connectivity index (χ0v) is 10.7. The summed E-state index contributed by atoms with van der Waals surface area (Å²) in [5.74, 6) is -2.00. The predicted octanol–water partition coefficient (Wildman–Crippen LogP) is 1.89. The van der Waals surface area contributed by atoms with Crippen molar-refractivity contribution in [1.29, 1.82) is 0 Å². The van der Waals surface area contributed by atoms with Gasteiger partial charge in [0.2, 0.25) is 0 Å². The Bertz CT molecular complexity index is 610. The molecule has 0 atom stereocenters. The average Bonchev–Trinajstić information content (AvgIpc) is 2.74. The van der Waals surface area contributed by atoms with E-state index in [0.29, 0.717) is 12.2 Å². The van der Waals surface area contributed by atoms with Gasteiger partial charge >= 0.3 is 5.97 Å². The monoisotopic (exact) mass is 263 g/mol. The Hall–Kier alpha value is -2.37. The summed E-state index contributed by atoms with van der Waals surface area (Å²) in [4.78, 5) is 12.6. The molecule has 0 aliphatic carbocycles. The van der Waals surface area contributed by atoms with Gasteiger partial charge in [-0.1, -0.05) is 0 Å². The van der Waals surface area contributed by atoms with Crippen LogP contribution in [-0.4, -0.2) is 27.9 Å². The van der Waals surface area contributed by atoms with Crippen molar-refractivity contribution in [3.05, 3.63) is 47.5 Å². The summed E-state index contributed by atoms with van der Waals surface area (Å²) in [5.41, 5.74) is 1.29. The van der Waals surface area contributed by atoms with E-state index in [1.165, 1.54) is 12.1 Å². The molecule has 0 radical (unpaired) electrons. The molecular formula is C13H14FN3O2. The molecule has 5 nitrogen and oxygen atoms in total. The lowest BCUT2D eigenvalue weighted by atomic mass is 10.2. The molecule has 0 amide bonds. The van der Waals surface area contributed by atoms with Gasteiger partial charge in [0.25, 0.3) is 0 Å². The van der Waals surface area contributed by atoms with E-state index in [1.807, 2.05) is 25.2 Å². The van der Waals surface area contributed by atoms with Crippen LogP contribution in [0, 0.1) is 5.82 Å². The van der Waals surface area contributed by atoms with Gasteiger partial charge < -0.3 is 10.0 Å². The Balaban J connectivity index is 2.17. The molecule has 0 spiro atoms. The minimum atomic E-state index is -1.26. The highest BCUT2D eigenvalue weighted by atomic mass is 19.1. The van der Waals surface area contributed by atoms with Gasteiger partial charge in [0, 0.05) is 38.1 Å². The Morgan fingerprint density at radius 1 is 1.53 bits per heavy atom. The van der Waals surface area contributed by atoms with Gasteiger partial charge in [0.05, 0.1) is 11.8 Å². The second-order valence-corrected chi connectivity index (χ2v) is 4.35. The molecule has 0 fully saturated rings. The van der Waals surface area contributed by atoms with Crippen LogP contribution in [-0.2, 0) is 13.6 Å². The fourth-order valence-corrected chi connectivity index (χ4v) is 1.83. The number of halogens is 1. The van der Waals surface area contributed by atoms with Crippen LogP contribution < -0.4 is 4.90 Å². The molecule has 0 aliphatic rings. The standard InChI is InChI=1S/C13H14FN3O2/c1-16(7-9-6-15-17(2)8-9)10-3-4-11(13(18)19)12(14)5-10/h3-6,8H,7H2,1-2H3,(H,18,19). The summed E-state index contributed by atoms with van der Waals surface area (Å²) in [6, 6.07) is 4.08. The van der Waals surface area contributed by atoms with Crippen LogP contribution in [0.5, 0.6) is 0 Å². The lowest BCUT2D eigenvalue weighted by molar-refractivity contribution is 0.0692. The number of aromatic carboxylic acids is 1. The minimum absolute atomic E-state index is 0.321. The number of hydrogen-bond donors (Lipinski definition) is 1. The summed E-state index contributed by atoms with van der Waals surface area (Å²) in [6.45, 7) is 0.569. The molecule has 19 heavy (non-hydrogen) atoms. The number of rotatable bonds is 4. The molecule has 1 heterocycles. The third-order valence-electron chi connectivity index (χ3n) is 2.80. The molecule has 1 aromatic carbocycles. The maximum absolute atomic E-state index is 13.6. The zero-order chi connectivity index (χ0) is 14.0. The predicted molar refractivity (Wildman–Crippen MR) is 68.7 cm³/mol. The Kier molecular flexibility index (Phi) is 3.50. The number of aryl methyl sites for hydroxylation is 1. The lowest BCUT2D eigenvalue weighted by Crippen LogP contribution is -2.16. The number of carboxylic acid groups (broad SMARTS) is 1. The molecule has 0 aliphatic heterocycles. The summed E-state index contributed by atoms with van der Waals surface area (Å²) in [7, 11) is 3.63. The van der Waals surface area contributed by atoms with Gasteiger partial charge in [-0.3, -0.25) is 4.68 Å². The van der Waals surface area contributed by atoms with Crippen molar-refractivity contribution in [1.82, 2.24) is 9.78 Å². The van der Waals surface area contributed by atoms with Crippen molar-refractivity contribution in [2.75, 3.05) is 11.9 Å². The van der Waals surface area contributed by atoms with Gasteiger partial charge in [0.1, 0.15) is 5.82 Å². The van der Waals surface area contributed by atoms with E-state index in [1.54, 1.807) is 16.9 Å². The van der Waals surface area contributed by atoms with Crippen LogP contribution in [0.1, 0.15) is 15.9 Å². The highest BCUT2D eigenvalue weighted by Gasteiger charge is 2.12. The first-order valence-corrected chi connectivity index (χ1v) is 5.69. The highest BCUT2D eigenvalue weighted by Crippen LogP contribution is 2.19. The molecule has 1 N–H and O–H groups in total. The zero-order valence-electron chi connectivity index (χ0n) is 10.7. The van der Waals surface area contributed by atoms with Crippen LogP contribution in [0.3, 0.4) is 0 Å². The number of nitrogens with zero attached hydrogens (tertiary/aromatic N) is 3. The summed E-state index contributed by atoms with van der Waals surface area (Å²) in [6.07, 6.45) is 3.61. The quantitative estimate of drug-likeness (QED) is 0.915. The maximum Gasteiger partial charge on any atom is 0.338 e. The van der Waals surface area contributed by atoms with E-state index < -0.39 is 11.8 Å². The third kappa shape index (κ3) is 2.90. The minimum Gasteiger partial charge on any atom is -0.478 e. The topological polar surface area (TPSA) is 58.4 Å². The van der Waals surface area contributed by atoms with Gasteiger partial charge in [0.15, 0.2) is 0 Å². The average molecular weight is 263 g/mol. The Morgan fingerprint density at radius 2 is 2.26 bits per heavy atom. The van der Waals surface area contributed by atoms with E-state index in [4.69, 9.17) is 5.11 Å². The van der Waals surface area contributed by atoms with Crippen LogP contribution >= 0.6 is 0 Å². The van der Waals surface area contributed by atoms with Gasteiger partial charge in [-0.2, -0.15) is 5.10 Å². The van der Waals surface area contributed by atoms with Crippen molar-refractivity contribution >= 4 is 11.7 Å². The second-order valence-electron chi connectivity index (χ2n) is 4.35. The first kappa shape index (κ1) is 13.1. The Morgan fingerprint density at radius 3 is 2.79 bits per heavy atom. The first-order chi connectivity index (χ1) is 8.97. The third-order valence-corrected chi connectivity index (χ3v) is 2.80. The van der Waals surface area contributed by atoms with Crippen molar-refractivity contribution in [3.63, 3.8) is 0 Å². The molecular weight excluding hydrogens is 249 g/mol. The van der Waals surface area contributed by atoms with Crippen molar-refractivity contribution < 1.29 is 14.3 Å². The number of anilines is 1. The van der Waals surface area contributed by atoms with Crippen LogP contribution in [0.25, 0.3) is 0 Å². The van der Waals surface area contributed by atoms with E-state index in [0.717, 1.165) is 5.56 Å². The van der Waals surface area contributed by atoms with Crippen molar-refractivity contribution in [3.8, 4) is 0 Å². The second kappa shape index (κ2) is 5.09. The Labute approximate surface area is 109 Å². The van der Waals surface area contributed by atoms with Crippen LogP contribution in [0.4, 0.5) is 10.1 Å². The van der Waals surface area contributed by atoms with Crippen molar-refractivity contribution in [2.45, 2.75) is 6.54 Å². The number of carboxylic acids is 1. The van der Waals surface area contributed by atoms with E-state index in [9.17, 15) is 9.18 Å². The molecule has 2 rings (SSSR count). The highest BCUT2D eigenvalue weighted by molar-refractivity contribution is 5.88. The normalized spacial score (nSPS) is 10.5. The molecule has 0 bridgehead atoms. The summed E-state index contributed by atoms with van der Waals surface area (Å²) in [5, 5.41) is 12.8. The molecule has 1 aromatic heterocycles. The number of carbonyl (C=O) groups is 1. The maximum atomic E-state index is 13.6. The van der Waals surface area contributed by atoms with Crippen molar-refractivity contribution in [2.24, 2.45) is 7.05 Å². The smallest absolute Gasteiger partial charge is 0.338 e. The molecule has 0 saturated heterocycles. The number of hydrogen-bond acceptors (Lipinski definition) is 3. The molecule has 0 saturated carbocycles. The summed E-state index contributed by atoms with van der Waals surface area (Å²) >= 11 is 0. The van der Waals surface area contributed by atoms with E-state index in [2.05, 4.69) is 5.10 Å². The van der Waals surface area contributed by atoms with Crippen LogP contribution in [0.2, 0.25) is 0 Å². The molecule has 0 unspecified atom stereocenters. The van der Waals surface area contributed by atoms with Crippen LogP contribution in [0.15, 0.2) is 30.6 Å². The molecule has 2 aromatic rings. The largest absolute Gasteiger partial charge is 0.478 e. The van der Waals surface area contributed by atoms with E-state index >= 15 is 0 Å². The lowest BCUT2D eigenvalue weighted by Gasteiger charge is -2.18. The van der Waals surface area contributed by atoms with Gasteiger partial charge in [-0.05, 0) is 18.2 Å². The fraction of sp³-hybridized carbons (Fsp3) is 0.231. The molecule has 100 valence electrons. The number of benzene rings is 1. The summed E-state index contributed by atoms with van der Waals surface area (Å²) < 4.78 is 15.3. The van der Waals surface area contributed by atoms with E-state index in [-0.39, 0.29) is 5.56 Å². The number of aromatic nitrogens is 2. The molecule has 6 heteroatoms. The van der Waals surface area contributed by atoms with Gasteiger partial charge in [-0.15, -0.1) is 0 Å². The van der Waals surface area contributed by atoms with Gasteiger partial charge in [-0.25, -0.2) is 9.18 Å².